The third-order valence-corrected chi connectivity index (χ3v) is 4.82. The van der Waals surface area contributed by atoms with E-state index in [4.69, 9.17) is 0 Å². The summed E-state index contributed by atoms with van der Waals surface area (Å²) in [7, 11) is 0. The lowest BCUT2D eigenvalue weighted by Crippen LogP contribution is -2.26. The second kappa shape index (κ2) is 7.57. The number of nitrogens with one attached hydrogen (secondary N) is 1. The van der Waals surface area contributed by atoms with Gasteiger partial charge < -0.3 is 9.88 Å². The minimum Gasteiger partial charge on any atom is -0.356 e. The summed E-state index contributed by atoms with van der Waals surface area (Å²) in [6.45, 7) is 3.59. The number of rotatable bonds is 7. The number of pyridine rings is 1. The molecule has 1 amide bonds. The highest BCUT2D eigenvalue weighted by Crippen LogP contribution is 2.28. The molecule has 0 radical (unpaired) electrons. The Kier molecular flexibility index (Phi) is 5.26. The Morgan fingerprint density at radius 3 is 3.00 bits per heavy atom. The molecule has 2 aromatic heterocycles. The van der Waals surface area contributed by atoms with E-state index in [1.807, 2.05) is 12.1 Å². The fraction of sp³-hybridized carbons (Fsp3) is 0.611. The number of imidazole rings is 1. The van der Waals surface area contributed by atoms with Crippen LogP contribution < -0.4 is 5.32 Å². The minimum absolute atomic E-state index is 0.175. The summed E-state index contributed by atoms with van der Waals surface area (Å²) in [4.78, 5) is 21.0. The van der Waals surface area contributed by atoms with Crippen molar-refractivity contribution in [3.8, 4) is 0 Å². The van der Waals surface area contributed by atoms with Crippen molar-refractivity contribution < 1.29 is 4.79 Å². The molecule has 23 heavy (non-hydrogen) atoms. The van der Waals surface area contributed by atoms with Gasteiger partial charge in [-0.25, -0.2) is 9.97 Å². The van der Waals surface area contributed by atoms with Crippen molar-refractivity contribution in [1.29, 1.82) is 0 Å². The van der Waals surface area contributed by atoms with Crippen LogP contribution in [0.15, 0.2) is 18.3 Å². The lowest BCUT2D eigenvalue weighted by molar-refractivity contribution is -0.121. The molecular weight excluding hydrogens is 288 g/mol. The maximum absolute atomic E-state index is 12.0. The Hall–Kier alpha value is -1.91. The van der Waals surface area contributed by atoms with Gasteiger partial charge in [-0.2, -0.15) is 0 Å². The predicted octanol–water partition coefficient (Wildman–Crippen LogP) is 3.08. The summed E-state index contributed by atoms with van der Waals surface area (Å²) < 4.78 is 2.13. The van der Waals surface area contributed by atoms with Crippen molar-refractivity contribution in [1.82, 2.24) is 19.9 Å². The number of aromatic nitrogens is 3. The van der Waals surface area contributed by atoms with E-state index < -0.39 is 0 Å². The van der Waals surface area contributed by atoms with Crippen LogP contribution in [0.2, 0.25) is 0 Å². The first-order valence-corrected chi connectivity index (χ1v) is 8.84. The maximum Gasteiger partial charge on any atom is 0.220 e. The second-order valence-corrected chi connectivity index (χ2v) is 6.41. The number of amides is 1. The summed E-state index contributed by atoms with van der Waals surface area (Å²) in [5.41, 5.74) is 1.86. The van der Waals surface area contributed by atoms with Crippen LogP contribution in [0.5, 0.6) is 0 Å². The van der Waals surface area contributed by atoms with E-state index in [2.05, 4.69) is 26.8 Å². The second-order valence-electron chi connectivity index (χ2n) is 6.41. The van der Waals surface area contributed by atoms with Gasteiger partial charge in [0.05, 0.1) is 0 Å². The van der Waals surface area contributed by atoms with Crippen LogP contribution in [-0.2, 0) is 17.8 Å². The molecule has 5 nitrogen and oxygen atoms in total. The van der Waals surface area contributed by atoms with Crippen LogP contribution in [0, 0.1) is 5.92 Å². The molecule has 3 rings (SSSR count). The molecule has 1 saturated carbocycles. The Labute approximate surface area is 137 Å². The van der Waals surface area contributed by atoms with E-state index in [9.17, 15) is 4.79 Å². The van der Waals surface area contributed by atoms with Crippen LogP contribution in [0.1, 0.15) is 51.3 Å². The number of carbonyl (C=O) groups excluding carboxylic acids is 1. The fourth-order valence-electron chi connectivity index (χ4n) is 3.56. The van der Waals surface area contributed by atoms with Crippen molar-refractivity contribution >= 4 is 17.1 Å². The average Bonchev–Trinajstić information content (AvgIpc) is 3.20. The Morgan fingerprint density at radius 2 is 2.22 bits per heavy atom. The van der Waals surface area contributed by atoms with Gasteiger partial charge in [0, 0.05) is 32.1 Å². The molecule has 1 aliphatic rings. The average molecular weight is 314 g/mol. The van der Waals surface area contributed by atoms with Gasteiger partial charge in [-0.05, 0) is 31.4 Å². The number of fused-ring (bicyclic) bond motifs is 1. The first kappa shape index (κ1) is 16.0. The van der Waals surface area contributed by atoms with Gasteiger partial charge in [0.2, 0.25) is 5.91 Å². The smallest absolute Gasteiger partial charge is 0.220 e. The molecule has 0 bridgehead atoms. The SMILES string of the molecule is CCn1c(CCNC(=O)CCC2CCCC2)nc2cccnc21. The number of nitrogens with zero attached hydrogens (tertiary/aromatic N) is 3. The number of hydrogen-bond acceptors (Lipinski definition) is 3. The Balaban J connectivity index is 1.49. The van der Waals surface area contributed by atoms with Crippen LogP contribution in [0.3, 0.4) is 0 Å². The van der Waals surface area contributed by atoms with Crippen LogP contribution >= 0.6 is 0 Å². The molecule has 0 aromatic carbocycles. The highest BCUT2D eigenvalue weighted by Gasteiger charge is 2.16. The van der Waals surface area contributed by atoms with E-state index in [0.29, 0.717) is 13.0 Å². The van der Waals surface area contributed by atoms with Crippen molar-refractivity contribution in [3.63, 3.8) is 0 Å². The molecular formula is C18H26N4O. The summed E-state index contributed by atoms with van der Waals surface area (Å²) in [5.74, 6) is 1.95. The van der Waals surface area contributed by atoms with E-state index in [1.54, 1.807) is 6.20 Å². The van der Waals surface area contributed by atoms with Crippen molar-refractivity contribution in [2.24, 2.45) is 5.92 Å². The topological polar surface area (TPSA) is 59.8 Å². The molecule has 2 heterocycles. The van der Waals surface area contributed by atoms with Crippen LogP contribution in [0.4, 0.5) is 0 Å². The maximum atomic E-state index is 12.0. The Morgan fingerprint density at radius 1 is 1.39 bits per heavy atom. The molecule has 0 atom stereocenters. The third-order valence-electron chi connectivity index (χ3n) is 4.82. The normalized spacial score (nSPS) is 15.3. The van der Waals surface area contributed by atoms with Crippen LogP contribution in [-0.4, -0.2) is 27.0 Å². The number of hydrogen-bond donors (Lipinski definition) is 1. The summed E-state index contributed by atoms with van der Waals surface area (Å²) in [5, 5.41) is 3.04. The highest BCUT2D eigenvalue weighted by molar-refractivity contribution is 5.76. The molecule has 124 valence electrons. The van der Waals surface area contributed by atoms with E-state index in [0.717, 1.165) is 42.3 Å². The lowest BCUT2D eigenvalue weighted by Gasteiger charge is -2.09. The Bertz CT molecular complexity index is 658. The van der Waals surface area contributed by atoms with Crippen molar-refractivity contribution in [2.45, 2.75) is 58.4 Å². The molecule has 0 aliphatic heterocycles. The quantitative estimate of drug-likeness (QED) is 0.854. The number of carbonyl (C=O) groups is 1. The first-order chi connectivity index (χ1) is 11.3. The molecule has 0 unspecified atom stereocenters. The molecule has 2 aromatic rings. The fourth-order valence-corrected chi connectivity index (χ4v) is 3.56. The van der Waals surface area contributed by atoms with Gasteiger partial charge in [-0.15, -0.1) is 0 Å². The summed E-state index contributed by atoms with van der Waals surface area (Å²) >= 11 is 0. The van der Waals surface area contributed by atoms with E-state index in [1.165, 1.54) is 25.7 Å². The van der Waals surface area contributed by atoms with E-state index >= 15 is 0 Å². The van der Waals surface area contributed by atoms with Crippen molar-refractivity contribution in [3.05, 3.63) is 24.2 Å². The molecule has 1 fully saturated rings. The van der Waals surface area contributed by atoms with Gasteiger partial charge in [0.1, 0.15) is 11.3 Å². The highest BCUT2D eigenvalue weighted by atomic mass is 16.1. The number of aryl methyl sites for hydroxylation is 1. The standard InChI is InChI=1S/C18H26N4O/c1-2-22-16(21-15-8-5-12-20-18(15)22)11-13-19-17(23)10-9-14-6-3-4-7-14/h5,8,12,14H,2-4,6-7,9-11,13H2,1H3,(H,19,23). The van der Waals surface area contributed by atoms with Crippen molar-refractivity contribution in [2.75, 3.05) is 6.54 Å². The largest absolute Gasteiger partial charge is 0.356 e. The zero-order chi connectivity index (χ0) is 16.1. The molecule has 1 N–H and O–H groups in total. The van der Waals surface area contributed by atoms with E-state index in [-0.39, 0.29) is 5.91 Å². The molecule has 0 saturated heterocycles. The minimum atomic E-state index is 0.175. The van der Waals surface area contributed by atoms with Gasteiger partial charge >= 0.3 is 0 Å². The predicted molar refractivity (Wildman–Crippen MR) is 91.1 cm³/mol. The lowest BCUT2D eigenvalue weighted by atomic mass is 10.0. The molecule has 0 spiro atoms. The van der Waals surface area contributed by atoms with Gasteiger partial charge in [-0.1, -0.05) is 25.7 Å². The zero-order valence-electron chi connectivity index (χ0n) is 13.9. The first-order valence-electron chi connectivity index (χ1n) is 8.84. The summed E-state index contributed by atoms with van der Waals surface area (Å²) in [6.07, 6.45) is 9.55. The molecule has 1 aliphatic carbocycles. The monoisotopic (exact) mass is 314 g/mol. The van der Waals surface area contributed by atoms with Gasteiger partial charge in [0.15, 0.2) is 5.65 Å². The zero-order valence-corrected chi connectivity index (χ0v) is 13.9. The third kappa shape index (κ3) is 3.89. The van der Waals surface area contributed by atoms with Crippen LogP contribution in [0.25, 0.3) is 11.2 Å². The summed E-state index contributed by atoms with van der Waals surface area (Å²) in [6, 6.07) is 3.89. The van der Waals surface area contributed by atoms with Gasteiger partial charge in [-0.3, -0.25) is 4.79 Å². The van der Waals surface area contributed by atoms with Gasteiger partial charge in [0.25, 0.3) is 0 Å². The molecule has 5 heteroatoms.